The fourth-order valence-electron chi connectivity index (χ4n) is 0.501. The molecule has 0 bridgehead atoms. The number of quaternary nitrogens is 1. The molecule has 1 aliphatic rings. The zero-order valence-corrected chi connectivity index (χ0v) is 7.65. The predicted molar refractivity (Wildman–Crippen MR) is 32.4 cm³/mol. The molecule has 1 aliphatic heterocycles. The molecule has 0 aromatic rings. The van der Waals surface area contributed by atoms with Crippen LogP contribution in [0, 0.1) is 0 Å². The van der Waals surface area contributed by atoms with E-state index in [4.69, 9.17) is 0 Å². The minimum absolute atomic E-state index is 0.829. The van der Waals surface area contributed by atoms with Crippen LogP contribution in [0.4, 0.5) is 0 Å². The molecule has 1 atom stereocenters. The zero-order chi connectivity index (χ0) is 5.11. The summed E-state index contributed by atoms with van der Waals surface area (Å²) in [6, 6.07) is 0.829. The molecule has 0 radical (unpaired) electrons. The first kappa shape index (κ1) is 6.12. The summed E-state index contributed by atoms with van der Waals surface area (Å²) in [4.78, 5) is 0. The van der Waals surface area contributed by atoms with Crippen LogP contribution in [0.1, 0.15) is 6.42 Å². The van der Waals surface area contributed by atoms with Crippen LogP contribution >= 0.6 is 0 Å². The fourth-order valence-corrected chi connectivity index (χ4v) is 8.09. The third kappa shape index (κ3) is 2.16. The van der Waals surface area contributed by atoms with Crippen LogP contribution in [-0.4, -0.2) is 32.3 Å². The van der Waals surface area contributed by atoms with Gasteiger partial charge in [-0.15, -0.1) is 0 Å². The van der Waals surface area contributed by atoms with Crippen molar-refractivity contribution in [2.45, 2.75) is 23.1 Å². The molecule has 0 aromatic heterocycles. The van der Waals surface area contributed by atoms with E-state index < -0.39 is 0 Å². The van der Waals surface area contributed by atoms with Crippen molar-refractivity contribution in [3.05, 3.63) is 0 Å². The number of rotatable bonds is 0. The molecule has 3 N–H and O–H groups in total. The van der Waals surface area contributed by atoms with E-state index in [1.807, 2.05) is 0 Å². The summed E-state index contributed by atoms with van der Waals surface area (Å²) >= 11 is 2.08. The van der Waals surface area contributed by atoms with E-state index in [1.54, 1.807) is 0 Å². The van der Waals surface area contributed by atoms with Crippen molar-refractivity contribution in [2.75, 3.05) is 0 Å². The molecule has 3 heteroatoms. The third-order valence-electron chi connectivity index (χ3n) is 0.997. The predicted octanol–water partition coefficient (Wildman–Crippen LogP) is -0.839. The van der Waals surface area contributed by atoms with Crippen LogP contribution in [0.5, 0.6) is 0 Å². The Morgan fingerprint density at radius 2 is 2.29 bits per heavy atom. The molecule has 0 saturated carbocycles. The van der Waals surface area contributed by atoms with Gasteiger partial charge in [0.05, 0.1) is 0 Å². The zero-order valence-electron chi connectivity index (χ0n) is 4.22. The van der Waals surface area contributed by atoms with E-state index in [1.165, 1.54) is 17.1 Å². The van der Waals surface area contributed by atoms with E-state index in [-0.39, 0.29) is 0 Å². The van der Waals surface area contributed by atoms with Crippen molar-refractivity contribution in [1.82, 2.24) is 0 Å². The van der Waals surface area contributed by atoms with E-state index in [0.717, 1.165) is 32.3 Å². The fraction of sp³-hybridized carbons (Fsp3) is 1.00. The SMILES string of the molecule is [NH3+]C1CC[Se][Se]C1. The summed E-state index contributed by atoms with van der Waals surface area (Å²) in [6.07, 6.45) is 1.42. The Balaban J connectivity index is 2.12. The van der Waals surface area contributed by atoms with Crippen molar-refractivity contribution < 1.29 is 5.73 Å². The molecular weight excluding hydrogens is 220 g/mol. The second-order valence-electron chi connectivity index (χ2n) is 1.76. The van der Waals surface area contributed by atoms with E-state index >= 15 is 0 Å². The van der Waals surface area contributed by atoms with Gasteiger partial charge in [-0.2, -0.15) is 0 Å². The first-order valence-electron chi connectivity index (χ1n) is 2.47. The van der Waals surface area contributed by atoms with Crippen molar-refractivity contribution >= 4 is 26.3 Å². The summed E-state index contributed by atoms with van der Waals surface area (Å²) in [5.74, 6) is 0. The van der Waals surface area contributed by atoms with Crippen molar-refractivity contribution in [1.29, 1.82) is 0 Å². The second kappa shape index (κ2) is 3.11. The van der Waals surface area contributed by atoms with E-state index in [0.29, 0.717) is 0 Å². The molecule has 0 aliphatic carbocycles. The van der Waals surface area contributed by atoms with Crippen LogP contribution < -0.4 is 5.73 Å². The van der Waals surface area contributed by atoms with Gasteiger partial charge in [-0.1, -0.05) is 0 Å². The summed E-state index contributed by atoms with van der Waals surface area (Å²) < 4.78 is 0. The van der Waals surface area contributed by atoms with Crippen LogP contribution in [-0.2, 0) is 0 Å². The Morgan fingerprint density at radius 1 is 1.43 bits per heavy atom. The van der Waals surface area contributed by atoms with Gasteiger partial charge in [0.2, 0.25) is 0 Å². The maximum atomic E-state index is 4.02. The van der Waals surface area contributed by atoms with Gasteiger partial charge in [-0.05, 0) is 0 Å². The topological polar surface area (TPSA) is 27.6 Å². The second-order valence-corrected chi connectivity index (χ2v) is 9.45. The first-order valence-corrected chi connectivity index (χ1v) is 9.22. The summed E-state index contributed by atoms with van der Waals surface area (Å²) in [6.45, 7) is 0. The molecule has 0 aromatic carbocycles. The molecule has 1 saturated heterocycles. The standard InChI is InChI=1S/C4H9NSe2/c5-4-1-2-6-7-3-4/h4H,1-3,5H2/p+1. The first-order chi connectivity index (χ1) is 3.39. The van der Waals surface area contributed by atoms with Gasteiger partial charge in [-0.25, -0.2) is 0 Å². The molecule has 42 valence electrons. The number of hydrogen-bond donors (Lipinski definition) is 1. The Kier molecular flexibility index (Phi) is 2.72. The molecule has 7 heavy (non-hydrogen) atoms. The molecule has 1 heterocycles. The monoisotopic (exact) mass is 232 g/mol. The summed E-state index contributed by atoms with van der Waals surface area (Å²) in [5, 5.41) is 2.98. The van der Waals surface area contributed by atoms with Gasteiger partial charge >= 0.3 is 55.1 Å². The normalized spacial score (nSPS) is 33.0. The average Bonchev–Trinajstić information content (AvgIpc) is 1.69. The van der Waals surface area contributed by atoms with Gasteiger partial charge in [-0.3, -0.25) is 0 Å². The Bertz CT molecular complexity index is 51.7. The maximum absolute atomic E-state index is 4.02. The molecule has 1 unspecified atom stereocenters. The van der Waals surface area contributed by atoms with Crippen molar-refractivity contribution in [2.24, 2.45) is 0 Å². The summed E-state index contributed by atoms with van der Waals surface area (Å²) in [5.41, 5.74) is 4.02. The molecule has 0 amide bonds. The van der Waals surface area contributed by atoms with Gasteiger partial charge in [0.15, 0.2) is 0 Å². The van der Waals surface area contributed by atoms with Crippen LogP contribution in [0.15, 0.2) is 0 Å². The Morgan fingerprint density at radius 3 is 2.57 bits per heavy atom. The minimum atomic E-state index is 0.829. The molecule has 1 rings (SSSR count). The Labute approximate surface area is 55.3 Å². The molecular formula is C4H10NSe2+. The van der Waals surface area contributed by atoms with Gasteiger partial charge in [0.25, 0.3) is 0 Å². The average molecular weight is 230 g/mol. The Hall–Kier alpha value is 0.999. The number of hydrogen-bond acceptors (Lipinski definition) is 0. The van der Waals surface area contributed by atoms with E-state index in [2.05, 4.69) is 5.73 Å². The van der Waals surface area contributed by atoms with Crippen molar-refractivity contribution in [3.8, 4) is 0 Å². The molecule has 0 spiro atoms. The van der Waals surface area contributed by atoms with Crippen LogP contribution in [0.25, 0.3) is 0 Å². The molecule has 1 fully saturated rings. The van der Waals surface area contributed by atoms with Crippen LogP contribution in [0.3, 0.4) is 0 Å². The van der Waals surface area contributed by atoms with Crippen molar-refractivity contribution in [3.63, 3.8) is 0 Å². The quantitative estimate of drug-likeness (QED) is 0.525. The van der Waals surface area contributed by atoms with Gasteiger partial charge in [0.1, 0.15) is 0 Å². The van der Waals surface area contributed by atoms with Gasteiger partial charge in [0, 0.05) is 0 Å². The molecule has 1 nitrogen and oxygen atoms in total. The summed E-state index contributed by atoms with van der Waals surface area (Å²) in [7, 11) is 0. The van der Waals surface area contributed by atoms with Crippen LogP contribution in [0.2, 0.25) is 10.6 Å². The van der Waals surface area contributed by atoms with E-state index in [9.17, 15) is 0 Å². The van der Waals surface area contributed by atoms with Gasteiger partial charge < -0.3 is 0 Å². The third-order valence-corrected chi connectivity index (χ3v) is 8.58.